The van der Waals surface area contributed by atoms with Crippen LogP contribution in [0.2, 0.25) is 5.02 Å². The molecule has 1 aromatic rings. The highest BCUT2D eigenvalue weighted by molar-refractivity contribution is 7.89. The topological polar surface area (TPSA) is 57.6 Å². The van der Waals surface area contributed by atoms with Crippen molar-refractivity contribution in [1.82, 2.24) is 4.31 Å². The lowest BCUT2D eigenvalue weighted by Gasteiger charge is -2.29. The first-order valence-electron chi connectivity index (χ1n) is 5.54. The van der Waals surface area contributed by atoms with Crippen LogP contribution in [0.5, 0.6) is 0 Å². The lowest BCUT2D eigenvalue weighted by atomic mass is 10.1. The fourth-order valence-electron chi connectivity index (χ4n) is 1.93. The molecule has 1 atom stereocenters. The molecule has 1 fully saturated rings. The van der Waals surface area contributed by atoms with E-state index in [4.69, 9.17) is 11.6 Å². The Balaban J connectivity index is 2.32. The second kappa shape index (κ2) is 5.13. The third kappa shape index (κ3) is 2.66. The lowest BCUT2D eigenvalue weighted by molar-refractivity contribution is 0.108. The Kier molecular flexibility index (Phi) is 3.91. The average Bonchev–Trinajstić information content (AvgIpc) is 2.32. The molecule has 4 nitrogen and oxygen atoms in total. The Bertz CT molecular complexity index is 549. The predicted molar refractivity (Wildman–Crippen MR) is 65.4 cm³/mol. The molecule has 100 valence electrons. The van der Waals surface area contributed by atoms with Gasteiger partial charge < -0.3 is 5.11 Å². The molecule has 7 heteroatoms. The van der Waals surface area contributed by atoms with Crippen molar-refractivity contribution >= 4 is 21.6 Å². The van der Waals surface area contributed by atoms with Gasteiger partial charge in [0.15, 0.2) is 0 Å². The zero-order valence-electron chi connectivity index (χ0n) is 9.51. The highest BCUT2D eigenvalue weighted by atomic mass is 35.5. The van der Waals surface area contributed by atoms with Gasteiger partial charge in [-0.25, -0.2) is 12.8 Å². The predicted octanol–water partition coefficient (Wildman–Crippen LogP) is 1.62. The molecule has 0 saturated carbocycles. The molecule has 0 aliphatic carbocycles. The minimum absolute atomic E-state index is 0.0528. The molecular formula is C11H13ClFNO3S. The van der Waals surface area contributed by atoms with E-state index in [9.17, 15) is 17.9 Å². The summed E-state index contributed by atoms with van der Waals surface area (Å²) in [7, 11) is -3.71. The van der Waals surface area contributed by atoms with E-state index in [2.05, 4.69) is 0 Å². The summed E-state index contributed by atoms with van der Waals surface area (Å²) in [5.41, 5.74) is 0. The van der Waals surface area contributed by atoms with Crippen molar-refractivity contribution in [2.45, 2.75) is 23.8 Å². The molecule has 0 bridgehead atoms. The van der Waals surface area contributed by atoms with E-state index in [-0.39, 0.29) is 16.5 Å². The molecule has 0 aromatic heterocycles. The van der Waals surface area contributed by atoms with E-state index in [0.717, 1.165) is 12.1 Å². The van der Waals surface area contributed by atoms with E-state index < -0.39 is 21.9 Å². The number of hydrogen-bond acceptors (Lipinski definition) is 3. The third-order valence-electron chi connectivity index (χ3n) is 2.89. The van der Waals surface area contributed by atoms with Crippen molar-refractivity contribution in [2.24, 2.45) is 0 Å². The number of halogens is 2. The average molecular weight is 294 g/mol. The van der Waals surface area contributed by atoms with E-state index in [1.807, 2.05) is 0 Å². The van der Waals surface area contributed by atoms with Crippen LogP contribution in [0.4, 0.5) is 4.39 Å². The van der Waals surface area contributed by atoms with E-state index in [1.54, 1.807) is 0 Å². The molecular weight excluding hydrogens is 281 g/mol. The molecule has 1 N–H and O–H groups in total. The van der Waals surface area contributed by atoms with Crippen LogP contribution in [0.25, 0.3) is 0 Å². The SMILES string of the molecule is O=S(=O)(c1ccc(F)c(Cl)c1)N1CCCC(O)C1. The van der Waals surface area contributed by atoms with Crippen molar-refractivity contribution < 1.29 is 17.9 Å². The minimum atomic E-state index is -3.71. The van der Waals surface area contributed by atoms with Crippen molar-refractivity contribution in [3.05, 3.63) is 29.0 Å². The van der Waals surface area contributed by atoms with Gasteiger partial charge in [0.25, 0.3) is 0 Å². The van der Waals surface area contributed by atoms with Gasteiger partial charge in [-0.3, -0.25) is 0 Å². The largest absolute Gasteiger partial charge is 0.392 e. The minimum Gasteiger partial charge on any atom is -0.392 e. The van der Waals surface area contributed by atoms with E-state index in [1.165, 1.54) is 10.4 Å². The number of aliphatic hydroxyl groups excluding tert-OH is 1. The number of benzene rings is 1. The molecule has 18 heavy (non-hydrogen) atoms. The first kappa shape index (κ1) is 13.7. The monoisotopic (exact) mass is 293 g/mol. The zero-order chi connectivity index (χ0) is 13.3. The van der Waals surface area contributed by atoms with Gasteiger partial charge in [-0.1, -0.05) is 11.6 Å². The van der Waals surface area contributed by atoms with Gasteiger partial charge in [0.2, 0.25) is 10.0 Å². The fourth-order valence-corrected chi connectivity index (χ4v) is 3.71. The maximum atomic E-state index is 13.0. The van der Waals surface area contributed by atoms with Gasteiger partial charge in [-0.05, 0) is 31.0 Å². The summed E-state index contributed by atoms with van der Waals surface area (Å²) in [6.07, 6.45) is 0.551. The Morgan fingerprint density at radius 2 is 2.17 bits per heavy atom. The summed E-state index contributed by atoms with van der Waals surface area (Å²) in [6, 6.07) is 3.29. The van der Waals surface area contributed by atoms with Crippen LogP contribution in [0, 0.1) is 5.82 Å². The smallest absolute Gasteiger partial charge is 0.243 e. The highest BCUT2D eigenvalue weighted by Gasteiger charge is 2.29. The first-order valence-corrected chi connectivity index (χ1v) is 7.36. The molecule has 1 aromatic carbocycles. The molecule has 1 unspecified atom stereocenters. The second-order valence-electron chi connectivity index (χ2n) is 4.24. The second-order valence-corrected chi connectivity index (χ2v) is 6.58. The third-order valence-corrected chi connectivity index (χ3v) is 5.04. The van der Waals surface area contributed by atoms with E-state index >= 15 is 0 Å². The van der Waals surface area contributed by atoms with E-state index in [0.29, 0.717) is 19.4 Å². The van der Waals surface area contributed by atoms with Crippen LogP contribution in [0.1, 0.15) is 12.8 Å². The number of hydrogen-bond donors (Lipinski definition) is 1. The van der Waals surface area contributed by atoms with Crippen LogP contribution in [-0.4, -0.2) is 37.0 Å². The maximum Gasteiger partial charge on any atom is 0.243 e. The van der Waals surface area contributed by atoms with Crippen LogP contribution in [-0.2, 0) is 10.0 Å². The van der Waals surface area contributed by atoms with Crippen molar-refractivity contribution in [3.63, 3.8) is 0 Å². The van der Waals surface area contributed by atoms with Crippen LogP contribution in [0.3, 0.4) is 0 Å². The van der Waals surface area contributed by atoms with Gasteiger partial charge in [0, 0.05) is 13.1 Å². The molecule has 1 aliphatic heterocycles. The number of rotatable bonds is 2. The number of piperidine rings is 1. The highest BCUT2D eigenvalue weighted by Crippen LogP contribution is 2.24. The Hall–Kier alpha value is -0.690. The number of nitrogens with zero attached hydrogens (tertiary/aromatic N) is 1. The number of sulfonamides is 1. The van der Waals surface area contributed by atoms with Gasteiger partial charge in [0.1, 0.15) is 5.82 Å². The summed E-state index contributed by atoms with van der Waals surface area (Å²) in [5.74, 6) is -0.658. The van der Waals surface area contributed by atoms with Crippen molar-refractivity contribution in [2.75, 3.05) is 13.1 Å². The van der Waals surface area contributed by atoms with Gasteiger partial charge in [-0.15, -0.1) is 0 Å². The van der Waals surface area contributed by atoms with Crippen LogP contribution in [0.15, 0.2) is 23.1 Å². The molecule has 1 aliphatic rings. The standard InChI is InChI=1S/C11H13ClFNO3S/c12-10-6-9(3-4-11(10)13)18(16,17)14-5-1-2-8(15)7-14/h3-4,6,8,15H,1-2,5,7H2. The number of aliphatic hydroxyl groups is 1. The summed E-state index contributed by atoms with van der Waals surface area (Å²) in [5, 5.41) is 9.27. The van der Waals surface area contributed by atoms with Crippen molar-refractivity contribution in [3.8, 4) is 0 Å². The molecule has 0 amide bonds. The Morgan fingerprint density at radius 3 is 2.78 bits per heavy atom. The van der Waals surface area contributed by atoms with Gasteiger partial charge in [-0.2, -0.15) is 4.31 Å². The fraction of sp³-hybridized carbons (Fsp3) is 0.455. The van der Waals surface area contributed by atoms with Crippen LogP contribution < -0.4 is 0 Å². The maximum absolute atomic E-state index is 13.0. The molecule has 1 saturated heterocycles. The lowest BCUT2D eigenvalue weighted by Crippen LogP contribution is -2.42. The van der Waals surface area contributed by atoms with Gasteiger partial charge in [0.05, 0.1) is 16.0 Å². The summed E-state index contributed by atoms with van der Waals surface area (Å²) >= 11 is 5.58. The first-order chi connectivity index (χ1) is 8.41. The van der Waals surface area contributed by atoms with Gasteiger partial charge >= 0.3 is 0 Å². The Labute approximate surface area is 110 Å². The zero-order valence-corrected chi connectivity index (χ0v) is 11.1. The Morgan fingerprint density at radius 1 is 1.44 bits per heavy atom. The summed E-state index contributed by atoms with van der Waals surface area (Å²) in [6.45, 7) is 0.422. The summed E-state index contributed by atoms with van der Waals surface area (Å²) < 4.78 is 38.7. The molecule has 2 rings (SSSR count). The number of β-amino-alcohol motifs (C(OH)–C–C–N with tert-alkyl or cyclic N) is 1. The summed E-state index contributed by atoms with van der Waals surface area (Å²) in [4.78, 5) is -0.0528. The molecule has 0 radical (unpaired) electrons. The molecule has 1 heterocycles. The quantitative estimate of drug-likeness (QED) is 0.901. The molecule has 0 spiro atoms. The van der Waals surface area contributed by atoms with Crippen LogP contribution >= 0.6 is 11.6 Å². The normalized spacial score (nSPS) is 22.1. The van der Waals surface area contributed by atoms with Crippen molar-refractivity contribution in [1.29, 1.82) is 0 Å².